The molecule has 0 fully saturated rings. The SMILES string of the molecule is C[SiH](C)[Zr]([Cl])([Cl])([NH]C(C)(C)C)[CH]1C=C(Br)c2ccccc21. The van der Waals surface area contributed by atoms with E-state index in [4.69, 9.17) is 17.0 Å². The van der Waals surface area contributed by atoms with Gasteiger partial charge in [-0.3, -0.25) is 0 Å². The van der Waals surface area contributed by atoms with E-state index >= 15 is 0 Å². The number of benzene rings is 1. The van der Waals surface area contributed by atoms with E-state index in [1.165, 1.54) is 11.1 Å². The van der Waals surface area contributed by atoms with Crippen molar-refractivity contribution in [2.45, 2.75) is 43.0 Å². The Balaban J connectivity index is 2.61. The van der Waals surface area contributed by atoms with Gasteiger partial charge in [-0.25, -0.2) is 0 Å². The van der Waals surface area contributed by atoms with Crippen molar-refractivity contribution in [2.24, 2.45) is 0 Å². The number of hydrogen-bond acceptors (Lipinski definition) is 1. The van der Waals surface area contributed by atoms with E-state index in [0.29, 0.717) is 0 Å². The van der Waals surface area contributed by atoms with E-state index in [9.17, 15) is 0 Å². The van der Waals surface area contributed by atoms with Crippen LogP contribution < -0.4 is 3.26 Å². The third-order valence-electron chi connectivity index (χ3n) is 4.11. The van der Waals surface area contributed by atoms with Gasteiger partial charge < -0.3 is 0 Å². The molecular formula is C15H23BrCl2NSiZr. The number of halogens is 3. The molecule has 0 aromatic heterocycles. The molecule has 0 aliphatic heterocycles. The van der Waals surface area contributed by atoms with Crippen molar-refractivity contribution in [1.29, 1.82) is 0 Å². The van der Waals surface area contributed by atoms with E-state index in [1.54, 1.807) is 0 Å². The number of nitrogens with one attached hydrogen (secondary N) is 1. The number of rotatable bonds is 3. The van der Waals surface area contributed by atoms with Crippen molar-refractivity contribution in [3.8, 4) is 0 Å². The fraction of sp³-hybridized carbons (Fsp3) is 0.467. The van der Waals surface area contributed by atoms with E-state index in [1.807, 2.05) is 0 Å². The summed E-state index contributed by atoms with van der Waals surface area (Å²) in [5.41, 5.74) is 2.43. The van der Waals surface area contributed by atoms with E-state index < -0.39 is 21.8 Å². The molecule has 117 valence electrons. The molecule has 0 saturated carbocycles. The summed E-state index contributed by atoms with van der Waals surface area (Å²) < 4.78 is 5.01. The van der Waals surface area contributed by atoms with Crippen molar-refractivity contribution in [3.05, 3.63) is 41.5 Å². The van der Waals surface area contributed by atoms with Gasteiger partial charge in [-0.2, -0.15) is 0 Å². The minimum absolute atomic E-state index is 0.0795. The summed E-state index contributed by atoms with van der Waals surface area (Å²) >= 11 is -0.453. The molecule has 1 aromatic carbocycles. The third-order valence-corrected chi connectivity index (χ3v) is 51.9. The second-order valence-corrected chi connectivity index (χ2v) is 49.0. The van der Waals surface area contributed by atoms with Crippen LogP contribution in [-0.4, -0.2) is 11.5 Å². The molecule has 1 nitrogen and oxygen atoms in total. The van der Waals surface area contributed by atoms with E-state index in [2.05, 4.69) is 83.4 Å². The predicted molar refractivity (Wildman–Crippen MR) is 99.6 cm³/mol. The molecule has 1 aliphatic carbocycles. The first kappa shape index (κ1) is 18.4. The summed E-state index contributed by atoms with van der Waals surface area (Å²) in [6.07, 6.45) is 2.24. The molecule has 0 spiro atoms. The van der Waals surface area contributed by atoms with Gasteiger partial charge in [-0.15, -0.1) is 0 Å². The summed E-state index contributed by atoms with van der Waals surface area (Å²) in [6, 6.07) is 8.45. The Morgan fingerprint density at radius 1 is 1.19 bits per heavy atom. The minimum atomic E-state index is -4.14. The van der Waals surface area contributed by atoms with Crippen LogP contribution in [0.5, 0.6) is 0 Å². The van der Waals surface area contributed by atoms with Crippen LogP contribution in [0.1, 0.15) is 35.5 Å². The van der Waals surface area contributed by atoms with Crippen LogP contribution in [0.3, 0.4) is 0 Å². The zero-order valence-corrected chi connectivity index (χ0v) is 19.9. The van der Waals surface area contributed by atoms with Gasteiger partial charge in [0.05, 0.1) is 0 Å². The molecular weight excluding hydrogens is 464 g/mol. The summed E-state index contributed by atoms with van der Waals surface area (Å²) in [7, 11) is 14.7. The third kappa shape index (κ3) is 3.46. The summed E-state index contributed by atoms with van der Waals surface area (Å²) in [4.78, 5) is 0. The maximum absolute atomic E-state index is 7.37. The molecule has 1 aromatic rings. The van der Waals surface area contributed by atoms with E-state index in [0.717, 1.165) is 4.48 Å². The molecule has 21 heavy (non-hydrogen) atoms. The topological polar surface area (TPSA) is 12.0 Å². The molecule has 1 unspecified atom stereocenters. The van der Waals surface area contributed by atoms with Gasteiger partial charge in [-0.1, -0.05) is 0 Å². The molecule has 1 atom stereocenters. The molecule has 0 bridgehead atoms. The second kappa shape index (κ2) is 5.86. The van der Waals surface area contributed by atoms with Crippen LogP contribution in [0.15, 0.2) is 30.3 Å². The van der Waals surface area contributed by atoms with Crippen molar-refractivity contribution in [1.82, 2.24) is 3.26 Å². The van der Waals surface area contributed by atoms with Gasteiger partial charge in [0.1, 0.15) is 0 Å². The molecule has 0 heterocycles. The summed E-state index contributed by atoms with van der Waals surface area (Å²) in [5, 5.41) is 0. The zero-order chi connectivity index (χ0) is 16.1. The van der Waals surface area contributed by atoms with Crippen LogP contribution in [-0.2, 0) is 15.8 Å². The number of hydrogen-bond donors (Lipinski definition) is 1. The normalized spacial score (nSPS) is 20.9. The molecule has 0 radical (unpaired) electrons. The summed E-state index contributed by atoms with van der Waals surface area (Å²) in [6.45, 7) is 11.0. The molecule has 2 rings (SSSR count). The Kier molecular flexibility index (Phi) is 5.14. The van der Waals surface area contributed by atoms with Crippen molar-refractivity contribution < 1.29 is 15.8 Å². The van der Waals surface area contributed by atoms with E-state index in [-0.39, 0.29) is 9.16 Å². The maximum atomic E-state index is 7.37. The summed E-state index contributed by atoms with van der Waals surface area (Å²) in [5.74, 6) is -1.29. The zero-order valence-electron chi connectivity index (χ0n) is 13.2. The van der Waals surface area contributed by atoms with Crippen LogP contribution in [0.25, 0.3) is 4.48 Å². The Hall–Kier alpha value is 1.08. The monoisotopic (exact) mass is 484 g/mol. The average molecular weight is 487 g/mol. The quantitative estimate of drug-likeness (QED) is 0.535. The predicted octanol–water partition coefficient (Wildman–Crippen LogP) is 5.76. The standard InChI is InChI=1S/C9H6Br.C4H10N.C2H7Si.2ClH.Zr/c10-9-6-5-7-3-1-2-4-8(7)9;1-4(2,3)5;1-3-2;;;/h1-6H;5H,1-3H3;3H,1-2H3;2*1H;/q;-1;;;;+3/p-2. The van der Waals surface area contributed by atoms with Crippen LogP contribution >= 0.6 is 33.0 Å². The Labute approximate surface area is 145 Å². The number of allylic oxidation sites excluding steroid dienone is 1. The van der Waals surface area contributed by atoms with Crippen molar-refractivity contribution in [3.63, 3.8) is 0 Å². The molecule has 1 N–H and O–H groups in total. The first-order chi connectivity index (χ1) is 9.45. The Morgan fingerprint density at radius 2 is 1.76 bits per heavy atom. The first-order valence-electron chi connectivity index (χ1n) is 7.29. The van der Waals surface area contributed by atoms with Gasteiger partial charge in [-0.05, 0) is 0 Å². The van der Waals surface area contributed by atoms with Crippen LogP contribution in [0, 0.1) is 0 Å². The van der Waals surface area contributed by atoms with Crippen molar-refractivity contribution in [2.75, 3.05) is 0 Å². The van der Waals surface area contributed by atoms with Gasteiger partial charge in [0, 0.05) is 0 Å². The Bertz CT molecular complexity index is 596. The molecule has 6 heteroatoms. The van der Waals surface area contributed by atoms with Gasteiger partial charge in [0.25, 0.3) is 0 Å². The van der Waals surface area contributed by atoms with Gasteiger partial charge in [0.15, 0.2) is 0 Å². The molecule has 0 saturated heterocycles. The van der Waals surface area contributed by atoms with Crippen LogP contribution in [0.2, 0.25) is 13.1 Å². The number of fused-ring (bicyclic) bond motifs is 1. The fourth-order valence-electron chi connectivity index (χ4n) is 3.05. The van der Waals surface area contributed by atoms with Gasteiger partial charge >= 0.3 is 147 Å². The first-order valence-corrected chi connectivity index (χ1v) is 24.2. The Morgan fingerprint density at radius 3 is 2.29 bits per heavy atom. The molecule has 1 aliphatic rings. The fourth-order valence-corrected chi connectivity index (χ4v) is 29.5. The van der Waals surface area contributed by atoms with Crippen LogP contribution in [0.4, 0.5) is 0 Å². The average Bonchev–Trinajstić information content (AvgIpc) is 2.66. The second-order valence-electron chi connectivity index (χ2n) is 7.26. The van der Waals surface area contributed by atoms with Crippen molar-refractivity contribution >= 4 is 43.4 Å². The molecule has 0 amide bonds. The van der Waals surface area contributed by atoms with Gasteiger partial charge in [0.2, 0.25) is 0 Å².